The van der Waals surface area contributed by atoms with Crippen LogP contribution in [0, 0.1) is 5.82 Å². The van der Waals surface area contributed by atoms with Crippen LogP contribution < -0.4 is 5.32 Å². The van der Waals surface area contributed by atoms with E-state index in [1.54, 1.807) is 6.07 Å². The minimum atomic E-state index is -0.669. The SMILES string of the molecule is CC(=O)NC12CCC(c3nnc(-c4ccc(Cl)c(F)c4)o3)(CC1)CC2O. The fourth-order valence-electron chi connectivity index (χ4n) is 4.32. The van der Waals surface area contributed by atoms with Gasteiger partial charge in [0.2, 0.25) is 17.7 Å². The van der Waals surface area contributed by atoms with Crippen LogP contribution in [0.4, 0.5) is 4.39 Å². The van der Waals surface area contributed by atoms with E-state index in [0.29, 0.717) is 30.7 Å². The van der Waals surface area contributed by atoms with Crippen LogP contribution in [0.1, 0.15) is 44.9 Å². The minimum absolute atomic E-state index is 0.0316. The molecule has 3 fully saturated rings. The molecule has 1 heterocycles. The highest BCUT2D eigenvalue weighted by molar-refractivity contribution is 6.30. The Morgan fingerprint density at radius 2 is 2.08 bits per heavy atom. The number of rotatable bonds is 3. The molecule has 0 radical (unpaired) electrons. The van der Waals surface area contributed by atoms with Gasteiger partial charge >= 0.3 is 0 Å². The highest BCUT2D eigenvalue weighted by Crippen LogP contribution is 2.53. The molecular formula is C18H19ClFN3O3. The first-order valence-corrected chi connectivity index (χ1v) is 8.98. The lowest BCUT2D eigenvalue weighted by Gasteiger charge is -2.54. The molecule has 1 amide bonds. The van der Waals surface area contributed by atoms with Gasteiger partial charge in [-0.3, -0.25) is 4.79 Å². The number of hydrogen-bond donors (Lipinski definition) is 2. The Morgan fingerprint density at radius 1 is 1.35 bits per heavy atom. The number of hydrogen-bond acceptors (Lipinski definition) is 5. The van der Waals surface area contributed by atoms with Gasteiger partial charge in [0, 0.05) is 12.5 Å². The van der Waals surface area contributed by atoms with Crippen molar-refractivity contribution in [3.63, 3.8) is 0 Å². The summed E-state index contributed by atoms with van der Waals surface area (Å²) in [5.41, 5.74) is -0.507. The first-order chi connectivity index (χ1) is 12.3. The first-order valence-electron chi connectivity index (χ1n) is 8.60. The Kier molecular flexibility index (Phi) is 4.04. The van der Waals surface area contributed by atoms with E-state index in [1.165, 1.54) is 19.1 Å². The monoisotopic (exact) mass is 379 g/mol. The van der Waals surface area contributed by atoms with Crippen molar-refractivity contribution in [3.8, 4) is 11.5 Å². The number of fused-ring (bicyclic) bond motifs is 3. The molecule has 1 atom stereocenters. The molecule has 26 heavy (non-hydrogen) atoms. The molecule has 3 saturated carbocycles. The Balaban J connectivity index is 1.61. The van der Waals surface area contributed by atoms with Crippen molar-refractivity contribution < 1.29 is 18.7 Å². The average molecular weight is 380 g/mol. The van der Waals surface area contributed by atoms with E-state index in [-0.39, 0.29) is 16.8 Å². The summed E-state index contributed by atoms with van der Waals surface area (Å²) < 4.78 is 19.5. The fraction of sp³-hybridized carbons (Fsp3) is 0.500. The molecule has 2 N–H and O–H groups in total. The molecule has 6 nitrogen and oxygen atoms in total. The van der Waals surface area contributed by atoms with Crippen LogP contribution in [-0.4, -0.2) is 32.9 Å². The minimum Gasteiger partial charge on any atom is -0.420 e. The van der Waals surface area contributed by atoms with E-state index in [4.69, 9.17) is 16.0 Å². The number of aromatic nitrogens is 2. The predicted molar refractivity (Wildman–Crippen MR) is 92.0 cm³/mol. The van der Waals surface area contributed by atoms with Gasteiger partial charge in [0.1, 0.15) is 5.82 Å². The standard InChI is InChI=1S/C18H19ClFN3O3/c1-10(24)21-18-6-4-17(5-7-18,9-14(18)25)16-23-22-15(26-16)11-2-3-12(19)13(20)8-11/h2-3,8,14,25H,4-7,9H2,1H3,(H,21,24). The van der Waals surface area contributed by atoms with Crippen LogP contribution >= 0.6 is 11.6 Å². The summed E-state index contributed by atoms with van der Waals surface area (Å²) in [7, 11) is 0. The number of amides is 1. The number of nitrogens with one attached hydrogen (secondary N) is 1. The zero-order chi connectivity index (χ0) is 18.5. The van der Waals surface area contributed by atoms with Gasteiger partial charge in [0.25, 0.3) is 0 Å². The molecular weight excluding hydrogens is 361 g/mol. The Bertz CT molecular complexity index is 861. The van der Waals surface area contributed by atoms with E-state index >= 15 is 0 Å². The van der Waals surface area contributed by atoms with Crippen molar-refractivity contribution >= 4 is 17.5 Å². The molecule has 2 bridgehead atoms. The average Bonchev–Trinajstić information content (AvgIpc) is 3.09. The lowest BCUT2D eigenvalue weighted by Crippen LogP contribution is -2.65. The molecule has 3 aliphatic carbocycles. The number of carbonyl (C=O) groups excluding carboxylic acids is 1. The van der Waals surface area contributed by atoms with Gasteiger partial charge in [-0.15, -0.1) is 10.2 Å². The summed E-state index contributed by atoms with van der Waals surface area (Å²) in [5.74, 6) is -0.00190. The van der Waals surface area contributed by atoms with E-state index in [9.17, 15) is 14.3 Å². The number of benzene rings is 1. The first kappa shape index (κ1) is 17.4. The van der Waals surface area contributed by atoms with Crippen LogP contribution in [0.3, 0.4) is 0 Å². The predicted octanol–water partition coefficient (Wildman–Crippen LogP) is 2.98. The number of aliphatic hydroxyl groups excluding tert-OH is 1. The molecule has 1 aromatic carbocycles. The van der Waals surface area contributed by atoms with Crippen molar-refractivity contribution in [2.24, 2.45) is 0 Å². The van der Waals surface area contributed by atoms with Crippen molar-refractivity contribution in [1.82, 2.24) is 15.5 Å². The van der Waals surface area contributed by atoms with Gasteiger partial charge in [-0.05, 0) is 50.3 Å². The molecule has 0 aliphatic heterocycles. The van der Waals surface area contributed by atoms with E-state index in [2.05, 4.69) is 15.5 Å². The maximum Gasteiger partial charge on any atom is 0.247 e. The number of carbonyl (C=O) groups is 1. The molecule has 0 saturated heterocycles. The van der Waals surface area contributed by atoms with Gasteiger partial charge < -0.3 is 14.8 Å². The lowest BCUT2D eigenvalue weighted by atomic mass is 9.55. The second-order valence-electron chi connectivity index (χ2n) is 7.38. The Labute approximate surface area is 154 Å². The van der Waals surface area contributed by atoms with Crippen molar-refractivity contribution in [2.45, 2.75) is 56.1 Å². The third-order valence-electron chi connectivity index (χ3n) is 5.79. The highest BCUT2D eigenvalue weighted by atomic mass is 35.5. The van der Waals surface area contributed by atoms with E-state index in [0.717, 1.165) is 12.8 Å². The topological polar surface area (TPSA) is 88.3 Å². The summed E-state index contributed by atoms with van der Waals surface area (Å²) >= 11 is 5.71. The second-order valence-corrected chi connectivity index (χ2v) is 7.79. The molecule has 2 aromatic rings. The zero-order valence-electron chi connectivity index (χ0n) is 14.3. The lowest BCUT2D eigenvalue weighted by molar-refractivity contribution is -0.128. The number of halogens is 2. The summed E-state index contributed by atoms with van der Waals surface area (Å²) in [4.78, 5) is 11.5. The fourth-order valence-corrected chi connectivity index (χ4v) is 4.44. The number of aliphatic hydroxyl groups is 1. The van der Waals surface area contributed by atoms with Crippen LogP contribution in [-0.2, 0) is 10.2 Å². The maximum absolute atomic E-state index is 13.7. The number of nitrogens with zero attached hydrogens (tertiary/aromatic N) is 2. The van der Waals surface area contributed by atoms with Gasteiger partial charge in [-0.2, -0.15) is 0 Å². The smallest absolute Gasteiger partial charge is 0.247 e. The van der Waals surface area contributed by atoms with E-state index < -0.39 is 22.9 Å². The summed E-state index contributed by atoms with van der Waals surface area (Å²) in [6.45, 7) is 1.47. The quantitative estimate of drug-likeness (QED) is 0.855. The summed E-state index contributed by atoms with van der Waals surface area (Å²) in [6, 6.07) is 4.33. The van der Waals surface area contributed by atoms with Gasteiger partial charge in [-0.1, -0.05) is 11.6 Å². The van der Waals surface area contributed by atoms with Crippen molar-refractivity contribution in [3.05, 3.63) is 34.9 Å². The molecule has 138 valence electrons. The summed E-state index contributed by atoms with van der Waals surface area (Å²) in [6.07, 6.45) is 2.56. The van der Waals surface area contributed by atoms with Gasteiger partial charge in [0.05, 0.1) is 22.1 Å². The second kappa shape index (κ2) is 6.03. The molecule has 0 spiro atoms. The molecule has 1 aromatic heterocycles. The normalized spacial score (nSPS) is 30.4. The molecule has 5 rings (SSSR count). The third kappa shape index (κ3) is 2.70. The molecule has 3 aliphatic rings. The van der Waals surface area contributed by atoms with Crippen molar-refractivity contribution in [2.75, 3.05) is 0 Å². The Hall–Kier alpha value is -1.99. The molecule has 8 heteroatoms. The van der Waals surface area contributed by atoms with Gasteiger partial charge in [-0.25, -0.2) is 4.39 Å². The Morgan fingerprint density at radius 3 is 2.69 bits per heavy atom. The zero-order valence-corrected chi connectivity index (χ0v) is 15.0. The van der Waals surface area contributed by atoms with E-state index in [1.807, 2.05) is 0 Å². The highest BCUT2D eigenvalue weighted by Gasteiger charge is 2.57. The van der Waals surface area contributed by atoms with Crippen LogP contribution in [0.5, 0.6) is 0 Å². The van der Waals surface area contributed by atoms with Crippen molar-refractivity contribution in [1.29, 1.82) is 0 Å². The van der Waals surface area contributed by atoms with Crippen LogP contribution in [0.15, 0.2) is 22.6 Å². The summed E-state index contributed by atoms with van der Waals surface area (Å²) in [5, 5.41) is 21.9. The largest absolute Gasteiger partial charge is 0.420 e. The van der Waals surface area contributed by atoms with Crippen LogP contribution in [0.2, 0.25) is 5.02 Å². The maximum atomic E-state index is 13.7. The third-order valence-corrected chi connectivity index (χ3v) is 6.10. The molecule has 1 unspecified atom stereocenters. The van der Waals surface area contributed by atoms with Gasteiger partial charge in [0.15, 0.2) is 0 Å². The van der Waals surface area contributed by atoms with Crippen LogP contribution in [0.25, 0.3) is 11.5 Å².